The van der Waals surface area contributed by atoms with Crippen LogP contribution in [0.2, 0.25) is 0 Å². The van der Waals surface area contributed by atoms with Gasteiger partial charge in [-0.15, -0.1) is 0 Å². The maximum Gasteiger partial charge on any atom is 0.142 e. The topological polar surface area (TPSA) is 17.1 Å². The Labute approximate surface area is 105 Å². The highest BCUT2D eigenvalue weighted by Gasteiger charge is 1.98. The molecule has 17 heavy (non-hydrogen) atoms. The van der Waals surface area contributed by atoms with Crippen molar-refractivity contribution in [2.24, 2.45) is 0 Å². The largest absolute Gasteiger partial charge is 0.299 e. The summed E-state index contributed by atoms with van der Waals surface area (Å²) < 4.78 is 0. The van der Waals surface area contributed by atoms with Crippen LogP contribution in [-0.2, 0) is 11.2 Å². The van der Waals surface area contributed by atoms with E-state index in [4.69, 9.17) is 0 Å². The first-order valence-corrected chi connectivity index (χ1v) is 6.49. The highest BCUT2D eigenvalue weighted by Crippen LogP contribution is 2.15. The lowest BCUT2D eigenvalue weighted by molar-refractivity contribution is -0.104. The number of hydrogen-bond acceptors (Lipinski definition) is 1. The summed E-state index contributed by atoms with van der Waals surface area (Å²) >= 11 is 0. The number of unbranched alkanes of at least 4 members (excludes halogenated alkanes) is 3. The van der Waals surface area contributed by atoms with Gasteiger partial charge in [-0.3, -0.25) is 4.79 Å². The summed E-state index contributed by atoms with van der Waals surface area (Å²) in [7, 11) is 0. The predicted octanol–water partition coefficient (Wildman–Crippen LogP) is 4.33. The second-order valence-electron chi connectivity index (χ2n) is 4.50. The van der Waals surface area contributed by atoms with Gasteiger partial charge in [0.1, 0.15) is 6.29 Å². The molecule has 1 rings (SSSR count). The van der Waals surface area contributed by atoms with Gasteiger partial charge in [-0.05, 0) is 42.5 Å². The molecule has 1 aromatic carbocycles. The Morgan fingerprint density at radius 1 is 1.18 bits per heavy atom. The van der Waals surface area contributed by atoms with Crippen molar-refractivity contribution in [3.05, 3.63) is 41.0 Å². The minimum absolute atomic E-state index is 0.818. The second-order valence-corrected chi connectivity index (χ2v) is 4.50. The van der Waals surface area contributed by atoms with E-state index in [-0.39, 0.29) is 0 Å². The van der Waals surface area contributed by atoms with Crippen LogP contribution in [-0.4, -0.2) is 6.29 Å². The quantitative estimate of drug-likeness (QED) is 0.387. The molecule has 0 atom stereocenters. The van der Waals surface area contributed by atoms with Crippen LogP contribution in [0.5, 0.6) is 0 Å². The van der Waals surface area contributed by atoms with Gasteiger partial charge in [0.25, 0.3) is 0 Å². The molecule has 0 aliphatic carbocycles. The number of rotatable bonds is 7. The van der Waals surface area contributed by atoms with Crippen LogP contribution in [0.25, 0.3) is 6.08 Å². The zero-order valence-corrected chi connectivity index (χ0v) is 10.9. The molecule has 0 saturated carbocycles. The molecule has 1 aromatic rings. The highest BCUT2D eigenvalue weighted by molar-refractivity contribution is 5.74. The molecule has 1 heteroatoms. The molecule has 1 nitrogen and oxygen atoms in total. The predicted molar refractivity (Wildman–Crippen MR) is 74.1 cm³/mol. The molecule has 0 aromatic heterocycles. The minimum atomic E-state index is 0.818. The number of hydrogen-bond donors (Lipinski definition) is 0. The summed E-state index contributed by atoms with van der Waals surface area (Å²) in [6.45, 7) is 4.33. The molecule has 92 valence electrons. The van der Waals surface area contributed by atoms with Crippen molar-refractivity contribution in [3.8, 4) is 0 Å². The number of carbonyl (C=O) groups excluding carboxylic acids is 1. The van der Waals surface area contributed by atoms with Crippen molar-refractivity contribution in [2.45, 2.75) is 46.0 Å². The van der Waals surface area contributed by atoms with Crippen molar-refractivity contribution < 1.29 is 4.79 Å². The molecule has 0 aliphatic rings. The van der Waals surface area contributed by atoms with E-state index < -0.39 is 0 Å². The van der Waals surface area contributed by atoms with Gasteiger partial charge < -0.3 is 0 Å². The van der Waals surface area contributed by atoms with E-state index in [1.165, 1.54) is 43.2 Å². The summed E-state index contributed by atoms with van der Waals surface area (Å²) in [5.41, 5.74) is 3.78. The Balaban J connectivity index is 2.56. The van der Waals surface area contributed by atoms with Crippen LogP contribution < -0.4 is 0 Å². The number of allylic oxidation sites excluding steroid dienone is 1. The molecule has 0 saturated heterocycles. The van der Waals surface area contributed by atoms with Crippen molar-refractivity contribution in [3.63, 3.8) is 0 Å². The zero-order chi connectivity index (χ0) is 12.5. The minimum Gasteiger partial charge on any atom is -0.299 e. The number of carbonyl (C=O) groups is 1. The van der Waals surface area contributed by atoms with Crippen molar-refractivity contribution in [1.29, 1.82) is 0 Å². The monoisotopic (exact) mass is 230 g/mol. The summed E-state index contributed by atoms with van der Waals surface area (Å²) in [4.78, 5) is 10.3. The summed E-state index contributed by atoms with van der Waals surface area (Å²) in [6.07, 6.45) is 10.6. The second kappa shape index (κ2) is 7.83. The molecular formula is C16H22O. The third kappa shape index (κ3) is 4.99. The molecule has 0 N–H and O–H groups in total. The zero-order valence-electron chi connectivity index (χ0n) is 10.9. The first kappa shape index (κ1) is 13.7. The molecule has 0 unspecified atom stereocenters. The van der Waals surface area contributed by atoms with E-state index in [0.717, 1.165) is 11.8 Å². The lowest BCUT2D eigenvalue weighted by Gasteiger charge is -2.05. The molecule has 0 heterocycles. The van der Waals surface area contributed by atoms with Gasteiger partial charge in [0.05, 0.1) is 0 Å². The van der Waals surface area contributed by atoms with Gasteiger partial charge in [0.2, 0.25) is 0 Å². The first-order chi connectivity index (χ1) is 8.27. The lowest BCUT2D eigenvalue weighted by atomic mass is 10.0. The van der Waals surface area contributed by atoms with E-state index in [1.54, 1.807) is 6.08 Å². The molecule has 0 aliphatic heterocycles. The fourth-order valence-electron chi connectivity index (χ4n) is 1.98. The molecule has 0 spiro atoms. The SMILES string of the molecule is CCCCCCc1ccc(C=CC=O)c(C)c1. The summed E-state index contributed by atoms with van der Waals surface area (Å²) in [6, 6.07) is 6.50. The van der Waals surface area contributed by atoms with Crippen LogP contribution in [0.1, 0.15) is 49.3 Å². The van der Waals surface area contributed by atoms with Crippen molar-refractivity contribution >= 4 is 12.4 Å². The number of benzene rings is 1. The van der Waals surface area contributed by atoms with E-state index in [2.05, 4.69) is 32.0 Å². The van der Waals surface area contributed by atoms with Crippen LogP contribution in [0.4, 0.5) is 0 Å². The third-order valence-electron chi connectivity index (χ3n) is 3.01. The fourth-order valence-corrected chi connectivity index (χ4v) is 1.98. The Morgan fingerprint density at radius 3 is 2.65 bits per heavy atom. The number of aldehydes is 1. The average molecular weight is 230 g/mol. The Kier molecular flexibility index (Phi) is 6.31. The van der Waals surface area contributed by atoms with E-state index in [1.807, 2.05) is 6.08 Å². The fraction of sp³-hybridized carbons (Fsp3) is 0.438. The van der Waals surface area contributed by atoms with E-state index in [0.29, 0.717) is 0 Å². The van der Waals surface area contributed by atoms with E-state index >= 15 is 0 Å². The lowest BCUT2D eigenvalue weighted by Crippen LogP contribution is -1.89. The van der Waals surface area contributed by atoms with Crippen molar-refractivity contribution in [2.75, 3.05) is 0 Å². The van der Waals surface area contributed by atoms with Gasteiger partial charge in [0.15, 0.2) is 0 Å². The van der Waals surface area contributed by atoms with Gasteiger partial charge in [-0.2, -0.15) is 0 Å². The van der Waals surface area contributed by atoms with Crippen LogP contribution in [0, 0.1) is 6.92 Å². The Morgan fingerprint density at radius 2 is 2.00 bits per heavy atom. The van der Waals surface area contributed by atoms with Crippen LogP contribution >= 0.6 is 0 Å². The van der Waals surface area contributed by atoms with Crippen LogP contribution in [0.3, 0.4) is 0 Å². The molecule has 0 fully saturated rings. The number of aryl methyl sites for hydroxylation is 2. The van der Waals surface area contributed by atoms with Gasteiger partial charge in [0, 0.05) is 0 Å². The third-order valence-corrected chi connectivity index (χ3v) is 3.01. The highest BCUT2D eigenvalue weighted by atomic mass is 16.1. The molecule has 0 bridgehead atoms. The average Bonchev–Trinajstić information content (AvgIpc) is 2.34. The molecule has 0 radical (unpaired) electrons. The molecule has 0 amide bonds. The van der Waals surface area contributed by atoms with Gasteiger partial charge >= 0.3 is 0 Å². The van der Waals surface area contributed by atoms with Gasteiger partial charge in [-0.1, -0.05) is 50.5 Å². The maximum absolute atomic E-state index is 10.3. The van der Waals surface area contributed by atoms with E-state index in [9.17, 15) is 4.79 Å². The standard InChI is InChI=1S/C16H22O/c1-3-4-5-6-8-15-10-11-16(9-7-12-17)14(2)13-15/h7,9-13H,3-6,8H2,1-2H3. The van der Waals surface area contributed by atoms with Crippen LogP contribution in [0.15, 0.2) is 24.3 Å². The van der Waals surface area contributed by atoms with Crippen molar-refractivity contribution in [1.82, 2.24) is 0 Å². The van der Waals surface area contributed by atoms with Gasteiger partial charge in [-0.25, -0.2) is 0 Å². The summed E-state index contributed by atoms with van der Waals surface area (Å²) in [5, 5.41) is 0. The smallest absolute Gasteiger partial charge is 0.142 e. The molecular weight excluding hydrogens is 208 g/mol. The first-order valence-electron chi connectivity index (χ1n) is 6.49. The summed E-state index contributed by atoms with van der Waals surface area (Å²) in [5.74, 6) is 0. The normalized spacial score (nSPS) is 10.9. The Hall–Kier alpha value is -1.37. The maximum atomic E-state index is 10.3. The Bertz CT molecular complexity index is 377.